The quantitative estimate of drug-likeness (QED) is 0.306. The number of allylic oxidation sites excluding steroid dienone is 2. The van der Waals surface area contributed by atoms with Gasteiger partial charge in [0.2, 0.25) is 0 Å². The maximum atomic E-state index is 13.4. The second-order valence-corrected chi connectivity index (χ2v) is 6.89. The van der Waals surface area contributed by atoms with Crippen molar-refractivity contribution < 1.29 is 17.6 Å². The van der Waals surface area contributed by atoms with Gasteiger partial charge in [0.05, 0.1) is 6.67 Å². The van der Waals surface area contributed by atoms with E-state index in [0.29, 0.717) is 29.4 Å². The van der Waals surface area contributed by atoms with Crippen molar-refractivity contribution in [3.05, 3.63) is 71.6 Å². The Bertz CT molecular complexity index is 733. The molecule has 2 aromatic carbocycles. The van der Waals surface area contributed by atoms with Crippen molar-refractivity contribution in [1.82, 2.24) is 0 Å². The average molecular weight is 362 g/mol. The van der Waals surface area contributed by atoms with Crippen LogP contribution in [0.3, 0.4) is 0 Å². The summed E-state index contributed by atoms with van der Waals surface area (Å²) in [6.07, 6.45) is 8.88. The van der Waals surface area contributed by atoms with E-state index in [9.17, 15) is 17.6 Å². The number of halogens is 4. The third-order valence-electron chi connectivity index (χ3n) is 5.16. The molecule has 1 aliphatic carbocycles. The fourth-order valence-electron chi connectivity index (χ4n) is 3.67. The largest absolute Gasteiger partial charge is 0.251 e. The van der Waals surface area contributed by atoms with Gasteiger partial charge in [0.1, 0.15) is 0 Å². The Balaban J connectivity index is 1.65. The summed E-state index contributed by atoms with van der Waals surface area (Å²) in [5.74, 6) is -2.80. The zero-order valence-electron chi connectivity index (χ0n) is 14.5. The molecule has 4 heteroatoms. The van der Waals surface area contributed by atoms with Crippen molar-refractivity contribution in [2.75, 3.05) is 6.67 Å². The number of benzene rings is 2. The van der Waals surface area contributed by atoms with E-state index in [2.05, 4.69) is 6.08 Å². The fourth-order valence-corrected chi connectivity index (χ4v) is 3.67. The van der Waals surface area contributed by atoms with Gasteiger partial charge in [-0.3, -0.25) is 4.39 Å². The second-order valence-electron chi connectivity index (χ2n) is 6.89. The minimum atomic E-state index is -1.44. The SMILES string of the molecule is FCC/C=C/[C@H]1CC[C@H](c2ccc(-c3cc(F)c(F)c(F)c3)cc2)CC1. The summed E-state index contributed by atoms with van der Waals surface area (Å²) in [5, 5.41) is 0. The highest BCUT2D eigenvalue weighted by Gasteiger charge is 2.21. The molecule has 0 unspecified atom stereocenters. The number of rotatable bonds is 5. The zero-order valence-corrected chi connectivity index (χ0v) is 14.5. The molecule has 0 nitrogen and oxygen atoms in total. The van der Waals surface area contributed by atoms with Gasteiger partial charge in [0.15, 0.2) is 17.5 Å². The van der Waals surface area contributed by atoms with Gasteiger partial charge in [-0.1, -0.05) is 36.4 Å². The van der Waals surface area contributed by atoms with E-state index in [1.165, 1.54) is 5.56 Å². The van der Waals surface area contributed by atoms with Gasteiger partial charge in [-0.25, -0.2) is 13.2 Å². The van der Waals surface area contributed by atoms with Crippen LogP contribution in [-0.2, 0) is 0 Å². The molecule has 0 bridgehead atoms. The maximum absolute atomic E-state index is 13.4. The van der Waals surface area contributed by atoms with Crippen LogP contribution in [0.1, 0.15) is 43.6 Å². The molecule has 26 heavy (non-hydrogen) atoms. The Morgan fingerprint density at radius 3 is 2.04 bits per heavy atom. The molecule has 0 N–H and O–H groups in total. The molecule has 1 fully saturated rings. The van der Waals surface area contributed by atoms with Crippen LogP contribution in [0.4, 0.5) is 17.6 Å². The van der Waals surface area contributed by atoms with Gasteiger partial charge in [-0.15, -0.1) is 0 Å². The first-order valence-corrected chi connectivity index (χ1v) is 9.06. The minimum absolute atomic E-state index is 0.306. The van der Waals surface area contributed by atoms with E-state index in [4.69, 9.17) is 0 Å². The van der Waals surface area contributed by atoms with Crippen LogP contribution in [0.2, 0.25) is 0 Å². The lowest BCUT2D eigenvalue weighted by Gasteiger charge is -2.27. The summed E-state index contributed by atoms with van der Waals surface area (Å²) >= 11 is 0. The standard InChI is InChI=1S/C22H22F4/c23-12-2-1-3-15-4-6-16(7-5-15)17-8-10-18(11-9-17)19-13-20(24)22(26)21(25)14-19/h1,3,8-11,13-16H,2,4-7,12H2/b3-1+/t15-,16-. The molecule has 0 aliphatic heterocycles. The molecule has 0 spiro atoms. The third kappa shape index (κ3) is 4.35. The summed E-state index contributed by atoms with van der Waals surface area (Å²) in [6, 6.07) is 9.66. The van der Waals surface area contributed by atoms with Crippen molar-refractivity contribution >= 4 is 0 Å². The number of alkyl halides is 1. The van der Waals surface area contributed by atoms with Crippen molar-refractivity contribution in [2.45, 2.75) is 38.0 Å². The first kappa shape index (κ1) is 18.7. The molecule has 2 aromatic rings. The van der Waals surface area contributed by atoms with E-state index >= 15 is 0 Å². The van der Waals surface area contributed by atoms with E-state index in [1.54, 1.807) is 0 Å². The average Bonchev–Trinajstić information content (AvgIpc) is 2.67. The molecule has 138 valence electrons. The van der Waals surface area contributed by atoms with Crippen molar-refractivity contribution in [3.8, 4) is 11.1 Å². The van der Waals surface area contributed by atoms with Crippen molar-refractivity contribution in [2.24, 2.45) is 5.92 Å². The monoisotopic (exact) mass is 362 g/mol. The van der Waals surface area contributed by atoms with E-state index < -0.39 is 17.5 Å². The van der Waals surface area contributed by atoms with Gasteiger partial charge in [0, 0.05) is 0 Å². The molecule has 0 radical (unpaired) electrons. The van der Waals surface area contributed by atoms with Crippen LogP contribution < -0.4 is 0 Å². The van der Waals surface area contributed by atoms with Gasteiger partial charge in [-0.2, -0.15) is 0 Å². The van der Waals surface area contributed by atoms with E-state index in [-0.39, 0.29) is 6.67 Å². The molecule has 0 saturated heterocycles. The summed E-state index contributed by atoms with van der Waals surface area (Å²) in [5.41, 5.74) is 2.20. The molecule has 0 heterocycles. The predicted molar refractivity (Wildman–Crippen MR) is 96.2 cm³/mol. The lowest BCUT2D eigenvalue weighted by molar-refractivity contribution is 0.375. The zero-order chi connectivity index (χ0) is 18.5. The van der Waals surface area contributed by atoms with Gasteiger partial charge < -0.3 is 0 Å². The number of hydrogen-bond acceptors (Lipinski definition) is 0. The summed E-state index contributed by atoms with van der Waals surface area (Å²) in [6.45, 7) is -0.306. The molecule has 1 saturated carbocycles. The maximum Gasteiger partial charge on any atom is 0.194 e. The summed E-state index contributed by atoms with van der Waals surface area (Å²) in [4.78, 5) is 0. The van der Waals surface area contributed by atoms with Crippen LogP contribution in [0.5, 0.6) is 0 Å². The molecule has 1 aliphatic rings. The van der Waals surface area contributed by atoms with Crippen LogP contribution in [0, 0.1) is 23.4 Å². The van der Waals surface area contributed by atoms with Gasteiger partial charge in [-0.05, 0) is 72.8 Å². The Kier molecular flexibility index (Phi) is 6.12. The predicted octanol–water partition coefficient (Wildman–Crippen LogP) is 6.96. The van der Waals surface area contributed by atoms with Crippen LogP contribution in [-0.4, -0.2) is 6.67 Å². The van der Waals surface area contributed by atoms with E-state index in [0.717, 1.165) is 37.8 Å². The Labute approximate surface area is 151 Å². The van der Waals surface area contributed by atoms with Gasteiger partial charge in [0.25, 0.3) is 0 Å². The molecule has 3 rings (SSSR count). The Hall–Kier alpha value is -2.10. The van der Waals surface area contributed by atoms with Gasteiger partial charge >= 0.3 is 0 Å². The molecular weight excluding hydrogens is 340 g/mol. The Morgan fingerprint density at radius 2 is 1.46 bits per heavy atom. The lowest BCUT2D eigenvalue weighted by atomic mass is 9.78. The minimum Gasteiger partial charge on any atom is -0.251 e. The molecule has 0 aromatic heterocycles. The summed E-state index contributed by atoms with van der Waals surface area (Å²) in [7, 11) is 0. The molecular formula is C22H22F4. The van der Waals surface area contributed by atoms with Crippen molar-refractivity contribution in [3.63, 3.8) is 0 Å². The van der Waals surface area contributed by atoms with Crippen molar-refractivity contribution in [1.29, 1.82) is 0 Å². The topological polar surface area (TPSA) is 0 Å². The van der Waals surface area contributed by atoms with E-state index in [1.807, 2.05) is 30.3 Å². The normalized spacial score (nSPS) is 20.6. The van der Waals surface area contributed by atoms with Crippen LogP contribution in [0.15, 0.2) is 48.6 Å². The highest BCUT2D eigenvalue weighted by Crippen LogP contribution is 2.37. The smallest absolute Gasteiger partial charge is 0.194 e. The molecule has 0 atom stereocenters. The second kappa shape index (κ2) is 8.52. The molecule has 0 amide bonds. The highest BCUT2D eigenvalue weighted by atomic mass is 19.2. The summed E-state index contributed by atoms with van der Waals surface area (Å²) < 4.78 is 52.0. The fraction of sp³-hybridized carbons (Fsp3) is 0.364. The first-order chi connectivity index (χ1) is 12.6. The van der Waals surface area contributed by atoms with Crippen LogP contribution in [0.25, 0.3) is 11.1 Å². The third-order valence-corrected chi connectivity index (χ3v) is 5.16. The highest BCUT2D eigenvalue weighted by molar-refractivity contribution is 5.64. The Morgan fingerprint density at radius 1 is 0.846 bits per heavy atom. The lowest BCUT2D eigenvalue weighted by Crippen LogP contribution is -2.11. The van der Waals surface area contributed by atoms with Crippen LogP contribution >= 0.6 is 0 Å². The first-order valence-electron chi connectivity index (χ1n) is 9.06. The number of hydrogen-bond donors (Lipinski definition) is 0.